The molecular formula is C15H13Cl4NO. The van der Waals surface area contributed by atoms with Crippen molar-refractivity contribution in [1.82, 2.24) is 0 Å². The van der Waals surface area contributed by atoms with Crippen molar-refractivity contribution in [3.05, 3.63) is 61.5 Å². The summed E-state index contributed by atoms with van der Waals surface area (Å²) in [7, 11) is 0. The Morgan fingerprint density at radius 3 is 2.43 bits per heavy atom. The summed E-state index contributed by atoms with van der Waals surface area (Å²) in [5, 5.41) is 1.97. The van der Waals surface area contributed by atoms with Gasteiger partial charge in [-0.3, -0.25) is 0 Å². The van der Waals surface area contributed by atoms with E-state index >= 15 is 0 Å². The number of nitrogens with two attached hydrogens (primary N) is 1. The highest BCUT2D eigenvalue weighted by Gasteiger charge is 2.12. The predicted molar refractivity (Wildman–Crippen MR) is 90.0 cm³/mol. The number of benzene rings is 2. The first kappa shape index (κ1) is 16.7. The first-order chi connectivity index (χ1) is 10.0. The molecule has 6 heteroatoms. The van der Waals surface area contributed by atoms with Crippen LogP contribution < -0.4 is 10.5 Å². The van der Waals surface area contributed by atoms with Crippen molar-refractivity contribution in [3.8, 4) is 5.75 Å². The second-order valence-electron chi connectivity index (χ2n) is 4.42. The van der Waals surface area contributed by atoms with Crippen molar-refractivity contribution in [3.63, 3.8) is 0 Å². The van der Waals surface area contributed by atoms with E-state index in [0.29, 0.717) is 38.8 Å². The Hall–Kier alpha value is -0.640. The molecule has 0 saturated heterocycles. The van der Waals surface area contributed by atoms with Gasteiger partial charge in [-0.15, -0.1) is 0 Å². The summed E-state index contributed by atoms with van der Waals surface area (Å²) in [5.41, 5.74) is 7.26. The molecule has 2 rings (SSSR count). The molecule has 0 unspecified atom stereocenters. The van der Waals surface area contributed by atoms with E-state index in [1.165, 1.54) is 0 Å². The van der Waals surface area contributed by atoms with Gasteiger partial charge in [0.15, 0.2) is 0 Å². The summed E-state index contributed by atoms with van der Waals surface area (Å²) in [6, 6.07) is 8.83. The normalized spacial score (nSPS) is 10.7. The van der Waals surface area contributed by atoms with Crippen LogP contribution in [-0.2, 0) is 13.0 Å². The molecular weight excluding hydrogens is 352 g/mol. The lowest BCUT2D eigenvalue weighted by Crippen LogP contribution is -2.06. The van der Waals surface area contributed by atoms with Crippen LogP contribution in [0.3, 0.4) is 0 Å². The molecule has 0 saturated carbocycles. The van der Waals surface area contributed by atoms with E-state index in [9.17, 15) is 0 Å². The highest BCUT2D eigenvalue weighted by atomic mass is 35.5. The Kier molecular flexibility index (Phi) is 6.03. The second kappa shape index (κ2) is 7.57. The van der Waals surface area contributed by atoms with E-state index in [-0.39, 0.29) is 6.61 Å². The lowest BCUT2D eigenvalue weighted by Gasteiger charge is -2.14. The highest BCUT2D eigenvalue weighted by Crippen LogP contribution is 2.34. The molecule has 0 aromatic heterocycles. The molecule has 0 aliphatic heterocycles. The molecule has 21 heavy (non-hydrogen) atoms. The molecule has 0 bridgehead atoms. The van der Waals surface area contributed by atoms with E-state index < -0.39 is 0 Å². The molecule has 0 spiro atoms. The molecule has 0 aliphatic carbocycles. The van der Waals surface area contributed by atoms with Crippen molar-refractivity contribution in [2.45, 2.75) is 13.0 Å². The Bertz CT molecular complexity index is 646. The largest absolute Gasteiger partial charge is 0.487 e. The third-order valence-corrected chi connectivity index (χ3v) is 4.26. The van der Waals surface area contributed by atoms with Crippen LogP contribution in [0.4, 0.5) is 0 Å². The minimum atomic E-state index is 0.262. The third-order valence-electron chi connectivity index (χ3n) is 2.90. The van der Waals surface area contributed by atoms with Gasteiger partial charge >= 0.3 is 0 Å². The van der Waals surface area contributed by atoms with Crippen molar-refractivity contribution in [1.29, 1.82) is 0 Å². The number of halogens is 4. The molecule has 2 aromatic rings. The van der Waals surface area contributed by atoms with Crippen LogP contribution >= 0.6 is 46.4 Å². The van der Waals surface area contributed by atoms with Gasteiger partial charge in [-0.2, -0.15) is 0 Å². The molecule has 0 amide bonds. The maximum atomic E-state index is 6.20. The van der Waals surface area contributed by atoms with Crippen molar-refractivity contribution in [2.24, 2.45) is 5.73 Å². The van der Waals surface area contributed by atoms with Crippen molar-refractivity contribution in [2.75, 3.05) is 6.54 Å². The van der Waals surface area contributed by atoms with Crippen LogP contribution in [0.2, 0.25) is 20.1 Å². The number of rotatable bonds is 5. The Morgan fingerprint density at radius 2 is 1.71 bits per heavy atom. The summed E-state index contributed by atoms with van der Waals surface area (Å²) in [6.07, 6.45) is 0.624. The van der Waals surface area contributed by atoms with Crippen molar-refractivity contribution < 1.29 is 4.74 Å². The van der Waals surface area contributed by atoms with E-state index in [1.807, 2.05) is 12.1 Å². The molecule has 0 aliphatic rings. The predicted octanol–water partition coefficient (Wildman–Crippen LogP) is 5.38. The van der Waals surface area contributed by atoms with E-state index in [1.54, 1.807) is 18.2 Å². The van der Waals surface area contributed by atoms with Crippen LogP contribution in [0.25, 0.3) is 0 Å². The van der Waals surface area contributed by atoms with Gasteiger partial charge in [-0.25, -0.2) is 0 Å². The summed E-state index contributed by atoms with van der Waals surface area (Å²) >= 11 is 24.3. The molecule has 0 atom stereocenters. The van der Waals surface area contributed by atoms with E-state index in [0.717, 1.165) is 11.1 Å². The minimum absolute atomic E-state index is 0.262. The first-order valence-corrected chi connectivity index (χ1v) is 7.77. The van der Waals surface area contributed by atoms with E-state index in [2.05, 4.69) is 0 Å². The monoisotopic (exact) mass is 363 g/mol. The summed E-state index contributed by atoms with van der Waals surface area (Å²) in [4.78, 5) is 0. The smallest absolute Gasteiger partial charge is 0.141 e. The average Bonchev–Trinajstić information content (AvgIpc) is 2.42. The van der Waals surface area contributed by atoms with Crippen LogP contribution in [0, 0.1) is 0 Å². The standard InChI is InChI=1S/C15H13Cl4NO/c16-11-6-9(4-5-20)15(13(18)7-11)21-8-10-2-1-3-12(17)14(10)19/h1-3,6-7H,4-5,8,20H2. The van der Waals surface area contributed by atoms with Gasteiger partial charge in [0.25, 0.3) is 0 Å². The van der Waals surface area contributed by atoms with Gasteiger partial charge in [0.05, 0.1) is 15.1 Å². The van der Waals surface area contributed by atoms with Crippen LogP contribution in [0.15, 0.2) is 30.3 Å². The van der Waals surface area contributed by atoms with Crippen LogP contribution in [0.1, 0.15) is 11.1 Å². The topological polar surface area (TPSA) is 35.2 Å². The van der Waals surface area contributed by atoms with E-state index in [4.69, 9.17) is 56.9 Å². The van der Waals surface area contributed by atoms with Crippen molar-refractivity contribution >= 4 is 46.4 Å². The molecule has 0 fully saturated rings. The molecule has 0 heterocycles. The van der Waals surface area contributed by atoms with Gasteiger partial charge in [-0.05, 0) is 36.7 Å². The maximum Gasteiger partial charge on any atom is 0.141 e. The highest BCUT2D eigenvalue weighted by molar-refractivity contribution is 6.42. The van der Waals surface area contributed by atoms with Gasteiger partial charge in [0, 0.05) is 10.6 Å². The number of hydrogen-bond acceptors (Lipinski definition) is 2. The van der Waals surface area contributed by atoms with Crippen LogP contribution in [-0.4, -0.2) is 6.54 Å². The van der Waals surface area contributed by atoms with Gasteiger partial charge < -0.3 is 10.5 Å². The third kappa shape index (κ3) is 4.18. The van der Waals surface area contributed by atoms with Crippen LogP contribution in [0.5, 0.6) is 5.75 Å². The fraction of sp³-hybridized carbons (Fsp3) is 0.200. The summed E-state index contributed by atoms with van der Waals surface area (Å²) in [5.74, 6) is 0.572. The number of hydrogen-bond donors (Lipinski definition) is 1. The molecule has 2 N–H and O–H groups in total. The lowest BCUT2D eigenvalue weighted by atomic mass is 10.1. The fourth-order valence-corrected chi connectivity index (χ4v) is 2.89. The first-order valence-electron chi connectivity index (χ1n) is 6.26. The SMILES string of the molecule is NCCc1cc(Cl)cc(Cl)c1OCc1cccc(Cl)c1Cl. The Labute approximate surface area is 143 Å². The zero-order valence-electron chi connectivity index (χ0n) is 11.0. The Morgan fingerprint density at radius 1 is 0.952 bits per heavy atom. The summed E-state index contributed by atoms with van der Waals surface area (Å²) in [6.45, 7) is 0.739. The molecule has 2 nitrogen and oxygen atoms in total. The Balaban J connectivity index is 2.25. The average molecular weight is 365 g/mol. The van der Waals surface area contributed by atoms with Gasteiger partial charge in [-0.1, -0.05) is 58.5 Å². The quantitative estimate of drug-likeness (QED) is 0.772. The molecule has 112 valence electrons. The second-order valence-corrected chi connectivity index (χ2v) is 6.04. The fourth-order valence-electron chi connectivity index (χ4n) is 1.93. The van der Waals surface area contributed by atoms with Gasteiger partial charge in [0.1, 0.15) is 12.4 Å². The molecule has 0 radical (unpaired) electrons. The maximum absolute atomic E-state index is 6.20. The van der Waals surface area contributed by atoms with Gasteiger partial charge in [0.2, 0.25) is 0 Å². The number of ether oxygens (including phenoxy) is 1. The lowest BCUT2D eigenvalue weighted by molar-refractivity contribution is 0.303. The zero-order chi connectivity index (χ0) is 15.4. The zero-order valence-corrected chi connectivity index (χ0v) is 14.0. The minimum Gasteiger partial charge on any atom is -0.487 e. The summed E-state index contributed by atoms with van der Waals surface area (Å²) < 4.78 is 5.81. The molecule has 2 aromatic carbocycles.